The van der Waals surface area contributed by atoms with Crippen LogP contribution in [0.25, 0.3) is 39.2 Å². The minimum absolute atomic E-state index is 0.150. The van der Waals surface area contributed by atoms with E-state index in [0.29, 0.717) is 21.8 Å². The number of hydrogen-bond donors (Lipinski definition) is 3. The van der Waals surface area contributed by atoms with Crippen LogP contribution in [0.5, 0.6) is 5.75 Å². The number of nitrogens with zero attached hydrogens (tertiary/aromatic N) is 5. The van der Waals surface area contributed by atoms with Gasteiger partial charge in [0.15, 0.2) is 0 Å². The number of aromatic hydroxyl groups is 1. The molecule has 1 aliphatic heterocycles. The Morgan fingerprint density at radius 1 is 0.974 bits per heavy atom. The maximum absolute atomic E-state index is 12.4. The highest BCUT2D eigenvalue weighted by Gasteiger charge is 2.19. The van der Waals surface area contributed by atoms with Gasteiger partial charge in [-0.3, -0.25) is 9.67 Å². The first-order valence-electron chi connectivity index (χ1n) is 12.7. The number of rotatable bonds is 5. The molecule has 5 aromatic rings. The van der Waals surface area contributed by atoms with Crippen LogP contribution in [0.15, 0.2) is 72.0 Å². The summed E-state index contributed by atoms with van der Waals surface area (Å²) in [6.45, 7) is 5.47. The van der Waals surface area contributed by atoms with Crippen LogP contribution in [0, 0.1) is 6.92 Å². The number of benzene rings is 2. The van der Waals surface area contributed by atoms with Crippen LogP contribution in [0.4, 0.5) is 5.82 Å². The van der Waals surface area contributed by atoms with Crippen LogP contribution < -0.4 is 15.9 Å². The number of aromatic nitrogens is 5. The van der Waals surface area contributed by atoms with Crippen molar-refractivity contribution < 1.29 is 5.11 Å². The van der Waals surface area contributed by atoms with Crippen LogP contribution in [0.3, 0.4) is 0 Å². The highest BCUT2D eigenvalue weighted by Crippen LogP contribution is 2.42. The number of phenols is 1. The fourth-order valence-electron chi connectivity index (χ4n) is 5.00. The number of imidazole rings is 1. The largest absolute Gasteiger partial charge is 0.507 e. The lowest BCUT2D eigenvalue weighted by atomic mass is 9.94. The first kappa shape index (κ1) is 25.0. The van der Waals surface area contributed by atoms with Gasteiger partial charge in [0.25, 0.3) is 0 Å². The lowest BCUT2D eigenvalue weighted by molar-refractivity contribution is 0.479. The molecule has 6 rings (SSSR count). The lowest BCUT2D eigenvalue weighted by Crippen LogP contribution is -2.43. The van der Waals surface area contributed by atoms with Crippen molar-refractivity contribution >= 4 is 17.4 Å². The van der Waals surface area contributed by atoms with Gasteiger partial charge in [0, 0.05) is 68.5 Å². The Morgan fingerprint density at radius 3 is 2.41 bits per heavy atom. The van der Waals surface area contributed by atoms with E-state index in [0.717, 1.165) is 59.9 Å². The molecule has 198 valence electrons. The zero-order valence-corrected chi connectivity index (χ0v) is 22.4. The van der Waals surface area contributed by atoms with Crippen LogP contribution >= 0.6 is 11.6 Å². The van der Waals surface area contributed by atoms with E-state index in [9.17, 15) is 9.90 Å². The summed E-state index contributed by atoms with van der Waals surface area (Å²) < 4.78 is 2.99. The van der Waals surface area contributed by atoms with Gasteiger partial charge in [-0.05, 0) is 60.0 Å². The molecule has 0 unspecified atom stereocenters. The van der Waals surface area contributed by atoms with Crippen LogP contribution in [0.1, 0.15) is 5.56 Å². The topological polar surface area (TPSA) is 104 Å². The number of hydrogen-bond acceptors (Lipinski definition) is 6. The predicted octanol–water partition coefficient (Wildman–Crippen LogP) is 4.37. The van der Waals surface area contributed by atoms with Gasteiger partial charge in [-0.2, -0.15) is 5.10 Å². The van der Waals surface area contributed by atoms with E-state index in [1.54, 1.807) is 37.8 Å². The average molecular weight is 542 g/mol. The van der Waals surface area contributed by atoms with Gasteiger partial charge in [0.2, 0.25) is 0 Å². The monoisotopic (exact) mass is 541 g/mol. The third-order valence-electron chi connectivity index (χ3n) is 7.08. The summed E-state index contributed by atoms with van der Waals surface area (Å²) in [4.78, 5) is 19.6. The van der Waals surface area contributed by atoms with E-state index in [-0.39, 0.29) is 11.4 Å². The Hall–Kier alpha value is -4.34. The molecule has 0 radical (unpaired) electrons. The first-order valence-corrected chi connectivity index (χ1v) is 13.1. The number of H-pyrrole nitrogens is 1. The van der Waals surface area contributed by atoms with Crippen molar-refractivity contribution in [3.8, 4) is 44.9 Å². The zero-order chi connectivity index (χ0) is 27.1. The molecular formula is C29H28ClN7O2. The van der Waals surface area contributed by atoms with Crippen LogP contribution in [-0.4, -0.2) is 55.6 Å². The smallest absolute Gasteiger partial charge is 0.332 e. The zero-order valence-electron chi connectivity index (χ0n) is 21.6. The summed E-state index contributed by atoms with van der Waals surface area (Å²) in [7, 11) is 1.69. The molecule has 1 fully saturated rings. The molecule has 0 atom stereocenters. The Bertz CT molecular complexity index is 1720. The predicted molar refractivity (Wildman–Crippen MR) is 154 cm³/mol. The number of anilines is 1. The minimum Gasteiger partial charge on any atom is -0.507 e. The van der Waals surface area contributed by atoms with Gasteiger partial charge in [-0.15, -0.1) is 0 Å². The molecule has 2 aromatic carbocycles. The summed E-state index contributed by atoms with van der Waals surface area (Å²) in [5.41, 5.74) is 6.00. The summed E-state index contributed by atoms with van der Waals surface area (Å²) in [5.74, 6) is 1.00. The molecule has 0 spiro atoms. The van der Waals surface area contributed by atoms with E-state index in [4.69, 9.17) is 16.6 Å². The molecule has 1 saturated heterocycles. The standard InChI is InChI=1S/C29H28ClN7O2/c1-18-11-22(19-3-4-26(24(30)13-19)37-10-9-35(2)29(37)39)28(38)23(12-18)20-14-25(21-16-32-33-17-21)34-27(15-20)36-7-5-31-6-8-36/h3-4,9-17,31,38H,5-8H2,1-2H3,(H,32,33). The van der Waals surface area contributed by atoms with Crippen LogP contribution in [0.2, 0.25) is 5.02 Å². The van der Waals surface area contributed by atoms with Crippen molar-refractivity contribution in [2.45, 2.75) is 6.92 Å². The second-order valence-electron chi connectivity index (χ2n) is 9.76. The van der Waals surface area contributed by atoms with E-state index in [2.05, 4.69) is 20.4 Å². The number of halogens is 1. The Morgan fingerprint density at radius 2 is 1.74 bits per heavy atom. The Labute approximate surface area is 230 Å². The fraction of sp³-hybridized carbons (Fsp3) is 0.207. The minimum atomic E-state index is -0.184. The molecule has 3 N–H and O–H groups in total. The van der Waals surface area contributed by atoms with Gasteiger partial charge in [0.05, 0.1) is 22.6 Å². The summed E-state index contributed by atoms with van der Waals surface area (Å²) in [6, 6.07) is 13.4. The number of pyridine rings is 1. The number of aromatic amines is 1. The van der Waals surface area contributed by atoms with Gasteiger partial charge >= 0.3 is 5.69 Å². The summed E-state index contributed by atoms with van der Waals surface area (Å²) in [5, 5.41) is 22.4. The maximum Gasteiger partial charge on any atom is 0.332 e. The van der Waals surface area contributed by atoms with Crippen molar-refractivity contribution in [3.63, 3.8) is 0 Å². The number of nitrogens with one attached hydrogen (secondary N) is 2. The highest BCUT2D eigenvalue weighted by molar-refractivity contribution is 6.32. The highest BCUT2D eigenvalue weighted by atomic mass is 35.5. The fourth-order valence-corrected chi connectivity index (χ4v) is 5.27. The SMILES string of the molecule is Cc1cc(-c2cc(-c3cn[nH]c3)nc(N3CCNCC3)c2)c(O)c(-c2ccc(-n3ccn(C)c3=O)c(Cl)c2)c1. The Kier molecular flexibility index (Phi) is 6.46. The van der Waals surface area contributed by atoms with Gasteiger partial charge in [0.1, 0.15) is 11.6 Å². The maximum atomic E-state index is 12.4. The third kappa shape index (κ3) is 4.71. The first-order chi connectivity index (χ1) is 18.9. The molecule has 4 heterocycles. The number of aryl methyl sites for hydroxylation is 2. The molecule has 0 saturated carbocycles. The van der Waals surface area contributed by atoms with Crippen molar-refractivity contribution in [2.75, 3.05) is 31.1 Å². The van der Waals surface area contributed by atoms with Crippen molar-refractivity contribution in [3.05, 3.63) is 88.3 Å². The van der Waals surface area contributed by atoms with Crippen molar-refractivity contribution in [1.29, 1.82) is 0 Å². The van der Waals surface area contributed by atoms with E-state index in [1.165, 1.54) is 9.13 Å². The van der Waals surface area contributed by atoms with E-state index >= 15 is 0 Å². The van der Waals surface area contributed by atoms with Crippen LogP contribution in [-0.2, 0) is 7.05 Å². The molecule has 10 heteroatoms. The molecule has 9 nitrogen and oxygen atoms in total. The average Bonchev–Trinajstić information content (AvgIpc) is 3.61. The van der Waals surface area contributed by atoms with E-state index in [1.807, 2.05) is 43.5 Å². The summed E-state index contributed by atoms with van der Waals surface area (Å²) in [6.07, 6.45) is 6.93. The lowest BCUT2D eigenvalue weighted by Gasteiger charge is -2.29. The summed E-state index contributed by atoms with van der Waals surface area (Å²) >= 11 is 6.65. The van der Waals surface area contributed by atoms with Gasteiger partial charge in [-0.25, -0.2) is 9.78 Å². The quantitative estimate of drug-likeness (QED) is 0.305. The molecular weight excluding hydrogens is 514 g/mol. The number of piperazine rings is 1. The molecule has 0 amide bonds. The number of phenolic OH excluding ortho intramolecular Hbond substituents is 1. The molecule has 0 bridgehead atoms. The molecule has 3 aromatic heterocycles. The van der Waals surface area contributed by atoms with Gasteiger partial charge in [-0.1, -0.05) is 17.7 Å². The molecule has 39 heavy (non-hydrogen) atoms. The van der Waals surface area contributed by atoms with Gasteiger partial charge < -0.3 is 19.9 Å². The molecule has 0 aliphatic carbocycles. The molecule has 1 aliphatic rings. The second-order valence-corrected chi connectivity index (χ2v) is 10.2. The second kappa shape index (κ2) is 10.1. The van der Waals surface area contributed by atoms with E-state index < -0.39 is 0 Å². The van der Waals surface area contributed by atoms with Crippen molar-refractivity contribution in [2.24, 2.45) is 7.05 Å². The Balaban J connectivity index is 1.46. The normalized spacial score (nSPS) is 13.7. The third-order valence-corrected chi connectivity index (χ3v) is 7.38. The van der Waals surface area contributed by atoms with Crippen molar-refractivity contribution in [1.82, 2.24) is 29.6 Å².